The minimum absolute atomic E-state index is 0.120. The van der Waals surface area contributed by atoms with Crippen molar-refractivity contribution >= 4 is 5.91 Å². The molecule has 0 saturated carbocycles. The lowest BCUT2D eigenvalue weighted by Crippen LogP contribution is -2.31. The van der Waals surface area contributed by atoms with Crippen molar-refractivity contribution in [3.63, 3.8) is 0 Å². The Balaban J connectivity index is 1.38. The fourth-order valence-electron chi connectivity index (χ4n) is 4.19. The number of hydrogen-bond donors (Lipinski definition) is 0. The van der Waals surface area contributed by atoms with Crippen molar-refractivity contribution in [1.82, 2.24) is 9.88 Å². The van der Waals surface area contributed by atoms with Crippen LogP contribution in [0, 0.1) is 0 Å². The molecule has 0 radical (unpaired) electrons. The van der Waals surface area contributed by atoms with Gasteiger partial charge in [-0.1, -0.05) is 66.7 Å². The van der Waals surface area contributed by atoms with Crippen LogP contribution in [0.25, 0.3) is 0 Å². The second-order valence-electron chi connectivity index (χ2n) is 7.80. The molecule has 3 heteroatoms. The largest absolute Gasteiger partial charge is 0.334 e. The predicted octanol–water partition coefficient (Wildman–Crippen LogP) is 5.36. The van der Waals surface area contributed by atoms with Gasteiger partial charge in [-0.25, -0.2) is 0 Å². The number of amides is 1. The molecular weight excluding hydrogens is 356 g/mol. The highest BCUT2D eigenvalue weighted by Crippen LogP contribution is 2.31. The minimum Gasteiger partial charge on any atom is -0.334 e. The maximum atomic E-state index is 12.9. The van der Waals surface area contributed by atoms with Gasteiger partial charge in [-0.05, 0) is 48.9 Å². The zero-order valence-corrected chi connectivity index (χ0v) is 16.8. The van der Waals surface area contributed by atoms with E-state index in [4.69, 9.17) is 4.98 Å². The van der Waals surface area contributed by atoms with Crippen molar-refractivity contribution < 1.29 is 4.79 Å². The van der Waals surface area contributed by atoms with Gasteiger partial charge in [-0.3, -0.25) is 9.78 Å². The average molecular weight is 385 g/mol. The first-order valence-corrected chi connectivity index (χ1v) is 10.6. The van der Waals surface area contributed by atoms with Crippen molar-refractivity contribution in [2.75, 3.05) is 6.54 Å². The van der Waals surface area contributed by atoms with Crippen molar-refractivity contribution in [1.29, 1.82) is 0 Å². The lowest BCUT2D eigenvalue weighted by molar-refractivity contribution is -0.132. The number of pyridine rings is 1. The molecule has 0 aliphatic carbocycles. The monoisotopic (exact) mass is 384 g/mol. The molecule has 0 N–H and O–H groups in total. The number of carbonyl (C=O) groups excluding carboxylic acids is 1. The number of likely N-dealkylation sites (tertiary alicyclic amines) is 1. The quantitative estimate of drug-likeness (QED) is 0.549. The van der Waals surface area contributed by atoms with Crippen molar-refractivity contribution in [3.8, 4) is 0 Å². The molecule has 4 rings (SSSR count). The molecule has 2 heterocycles. The summed E-state index contributed by atoms with van der Waals surface area (Å²) in [6, 6.07) is 27.2. The Hall–Kier alpha value is -2.94. The third-order valence-corrected chi connectivity index (χ3v) is 5.67. The summed E-state index contributed by atoms with van der Waals surface area (Å²) in [6.07, 6.45) is 5.34. The molecule has 1 atom stereocenters. The van der Waals surface area contributed by atoms with E-state index >= 15 is 0 Å². The molecule has 3 nitrogen and oxygen atoms in total. The van der Waals surface area contributed by atoms with Crippen LogP contribution >= 0.6 is 0 Å². The van der Waals surface area contributed by atoms with E-state index in [2.05, 4.69) is 71.6 Å². The highest BCUT2D eigenvalue weighted by Gasteiger charge is 2.30. The van der Waals surface area contributed by atoms with Crippen molar-refractivity contribution in [3.05, 3.63) is 101 Å². The molecule has 2 aromatic carbocycles. The normalized spacial score (nSPS) is 16.1. The van der Waals surface area contributed by atoms with E-state index in [-0.39, 0.29) is 11.9 Å². The van der Waals surface area contributed by atoms with E-state index in [0.717, 1.165) is 50.0 Å². The smallest absolute Gasteiger partial charge is 0.223 e. The molecule has 29 heavy (non-hydrogen) atoms. The molecule has 1 unspecified atom stereocenters. The number of benzene rings is 2. The summed E-state index contributed by atoms with van der Waals surface area (Å²) in [5.74, 6) is 0.263. The molecule has 1 amide bonds. The highest BCUT2D eigenvalue weighted by molar-refractivity contribution is 5.77. The van der Waals surface area contributed by atoms with Crippen LogP contribution in [0.4, 0.5) is 0 Å². The zero-order valence-electron chi connectivity index (χ0n) is 16.8. The van der Waals surface area contributed by atoms with Crippen LogP contribution in [0.1, 0.15) is 54.2 Å². The fourth-order valence-corrected chi connectivity index (χ4v) is 4.19. The van der Waals surface area contributed by atoms with Crippen LogP contribution in [0.15, 0.2) is 78.9 Å². The third-order valence-electron chi connectivity index (χ3n) is 5.67. The van der Waals surface area contributed by atoms with Crippen LogP contribution < -0.4 is 0 Å². The van der Waals surface area contributed by atoms with Crippen LogP contribution in [-0.2, 0) is 17.6 Å². The highest BCUT2D eigenvalue weighted by atomic mass is 16.2. The first-order chi connectivity index (χ1) is 14.3. The van der Waals surface area contributed by atoms with Gasteiger partial charge >= 0.3 is 0 Å². The summed E-state index contributed by atoms with van der Waals surface area (Å²) in [6.45, 7) is 0.847. The lowest BCUT2D eigenvalue weighted by atomic mass is 10.1. The Bertz CT molecular complexity index is 924. The molecule has 3 aromatic rings. The molecule has 1 aromatic heterocycles. The maximum absolute atomic E-state index is 12.9. The number of rotatable bonds is 7. The predicted molar refractivity (Wildman–Crippen MR) is 117 cm³/mol. The summed E-state index contributed by atoms with van der Waals surface area (Å²) in [4.78, 5) is 19.9. The van der Waals surface area contributed by atoms with Crippen LogP contribution in [-0.4, -0.2) is 22.3 Å². The average Bonchev–Trinajstić information content (AvgIpc) is 3.26. The van der Waals surface area contributed by atoms with Gasteiger partial charge < -0.3 is 4.90 Å². The summed E-state index contributed by atoms with van der Waals surface area (Å²) in [7, 11) is 0. The van der Waals surface area contributed by atoms with E-state index in [0.29, 0.717) is 6.42 Å². The fraction of sp³-hybridized carbons (Fsp3) is 0.308. The van der Waals surface area contributed by atoms with Gasteiger partial charge in [0.25, 0.3) is 0 Å². The molecule has 1 aliphatic heterocycles. The van der Waals surface area contributed by atoms with Gasteiger partial charge in [0, 0.05) is 25.1 Å². The van der Waals surface area contributed by atoms with E-state index < -0.39 is 0 Å². The Morgan fingerprint density at radius 3 is 2.38 bits per heavy atom. The van der Waals surface area contributed by atoms with Gasteiger partial charge in [0.15, 0.2) is 0 Å². The molecule has 148 valence electrons. The SMILES string of the molecule is O=C(CCCc1ccccc1)N1CCCC1c1cccc(Cc2ccccc2)n1. The first-order valence-electron chi connectivity index (χ1n) is 10.6. The molecule has 1 aliphatic rings. The topological polar surface area (TPSA) is 33.2 Å². The molecule has 1 saturated heterocycles. The van der Waals surface area contributed by atoms with Crippen LogP contribution in [0.5, 0.6) is 0 Å². The second kappa shape index (κ2) is 9.51. The number of nitrogens with zero attached hydrogens (tertiary/aromatic N) is 2. The van der Waals surface area contributed by atoms with E-state index in [1.807, 2.05) is 12.1 Å². The van der Waals surface area contributed by atoms with Crippen molar-refractivity contribution in [2.45, 2.75) is 44.6 Å². The van der Waals surface area contributed by atoms with Crippen LogP contribution in [0.3, 0.4) is 0 Å². The van der Waals surface area contributed by atoms with Crippen molar-refractivity contribution in [2.24, 2.45) is 0 Å². The molecule has 0 spiro atoms. The standard InChI is InChI=1S/C26H28N2O/c29-26(18-7-14-21-10-3-1-4-11-21)28-19-9-17-25(28)24-16-8-15-23(27-24)20-22-12-5-2-6-13-22/h1-6,8,10-13,15-16,25H,7,9,14,17-20H2. The Labute approximate surface area is 173 Å². The summed E-state index contributed by atoms with van der Waals surface area (Å²) < 4.78 is 0. The third kappa shape index (κ3) is 5.11. The zero-order chi connectivity index (χ0) is 19.9. The number of aromatic nitrogens is 1. The van der Waals surface area contributed by atoms with Gasteiger partial charge in [-0.15, -0.1) is 0 Å². The summed E-state index contributed by atoms with van der Waals surface area (Å²) in [5.41, 5.74) is 4.66. The summed E-state index contributed by atoms with van der Waals surface area (Å²) >= 11 is 0. The van der Waals surface area contributed by atoms with E-state index in [1.54, 1.807) is 0 Å². The Morgan fingerprint density at radius 2 is 1.62 bits per heavy atom. The first kappa shape index (κ1) is 19.4. The Morgan fingerprint density at radius 1 is 0.897 bits per heavy atom. The number of hydrogen-bond acceptors (Lipinski definition) is 2. The van der Waals surface area contributed by atoms with E-state index in [1.165, 1.54) is 11.1 Å². The van der Waals surface area contributed by atoms with E-state index in [9.17, 15) is 4.79 Å². The second-order valence-corrected chi connectivity index (χ2v) is 7.80. The van der Waals surface area contributed by atoms with Gasteiger partial charge in [-0.2, -0.15) is 0 Å². The van der Waals surface area contributed by atoms with Gasteiger partial charge in [0.05, 0.1) is 11.7 Å². The maximum Gasteiger partial charge on any atom is 0.223 e. The minimum atomic E-state index is 0.120. The molecular formula is C26H28N2O. The molecule has 1 fully saturated rings. The summed E-state index contributed by atoms with van der Waals surface area (Å²) in [5, 5.41) is 0. The van der Waals surface area contributed by atoms with Gasteiger partial charge in [0.2, 0.25) is 5.91 Å². The van der Waals surface area contributed by atoms with Gasteiger partial charge in [0.1, 0.15) is 0 Å². The number of aryl methyl sites for hydroxylation is 1. The lowest BCUT2D eigenvalue weighted by Gasteiger charge is -2.25. The Kier molecular flexibility index (Phi) is 6.35. The molecule has 0 bridgehead atoms. The van der Waals surface area contributed by atoms with Crippen LogP contribution in [0.2, 0.25) is 0 Å². The number of carbonyl (C=O) groups is 1.